The molecule has 0 amide bonds. The topological polar surface area (TPSA) is 98.3 Å². The van der Waals surface area contributed by atoms with Crippen molar-refractivity contribution in [3.63, 3.8) is 0 Å². The van der Waals surface area contributed by atoms with Crippen LogP contribution in [0.25, 0.3) is 61.5 Å². The van der Waals surface area contributed by atoms with Gasteiger partial charge in [-0.15, -0.1) is 0 Å². The molecule has 0 bridgehead atoms. The molecule has 0 fully saturated rings. The molecular formula is C64H61N5O4. The third-order valence-electron chi connectivity index (χ3n) is 16.1. The number of ether oxygens (including phenoxy) is 2. The van der Waals surface area contributed by atoms with Gasteiger partial charge in [0.05, 0.1) is 22.4 Å². The summed E-state index contributed by atoms with van der Waals surface area (Å²) in [6, 6.07) is 50.2. The van der Waals surface area contributed by atoms with E-state index in [4.69, 9.17) is 9.47 Å². The number of carbonyl (C=O) groups is 1. The molecule has 0 aromatic heterocycles. The highest BCUT2D eigenvalue weighted by atomic mass is 16.5. The maximum Gasteiger partial charge on any atom is 0.201 e. The number of fused-ring (bicyclic) bond motifs is 9. The van der Waals surface area contributed by atoms with E-state index in [2.05, 4.69) is 188 Å². The fraction of sp³-hybridized carbons (Fsp3) is 0.234. The summed E-state index contributed by atoms with van der Waals surface area (Å²) in [4.78, 5) is 19.7. The summed E-state index contributed by atoms with van der Waals surface area (Å²) in [7, 11) is 0. The molecule has 3 aliphatic carbocycles. The number of carbonyl (C=O) groups excluding carboxylic acids is 1. The van der Waals surface area contributed by atoms with Crippen LogP contribution in [-0.4, -0.2) is 73.2 Å². The van der Waals surface area contributed by atoms with Crippen molar-refractivity contribution in [1.29, 1.82) is 0 Å². The number of hydrogen-bond acceptors (Lipinski definition) is 9. The summed E-state index contributed by atoms with van der Waals surface area (Å²) in [5, 5.41) is 29.4. The Labute approximate surface area is 427 Å². The number of nitrogens with zero attached hydrogens (tertiary/aromatic N) is 2. The maximum atomic E-state index is 15.0. The number of benzene rings is 8. The summed E-state index contributed by atoms with van der Waals surface area (Å²) in [6.07, 6.45) is 0. The van der Waals surface area contributed by atoms with E-state index in [1.165, 1.54) is 5.56 Å². The van der Waals surface area contributed by atoms with Crippen molar-refractivity contribution in [3.8, 4) is 33.8 Å². The van der Waals surface area contributed by atoms with Crippen LogP contribution in [0.2, 0.25) is 0 Å². The number of anilines is 3. The van der Waals surface area contributed by atoms with Crippen LogP contribution in [0.3, 0.4) is 0 Å². The quantitative estimate of drug-likeness (QED) is 0.0801. The number of aliphatic hydroxyl groups is 1. The predicted octanol–water partition coefficient (Wildman–Crippen LogP) is 11.6. The molecule has 4 aliphatic rings. The molecule has 1 aliphatic heterocycles. The summed E-state index contributed by atoms with van der Waals surface area (Å²) >= 11 is 0. The highest BCUT2D eigenvalue weighted by Gasteiger charge is 2.48. The molecule has 9 heteroatoms. The van der Waals surface area contributed by atoms with Gasteiger partial charge in [0.15, 0.2) is 5.66 Å². The molecular weight excluding hydrogens is 903 g/mol. The average molecular weight is 964 g/mol. The zero-order chi connectivity index (χ0) is 50.2. The van der Waals surface area contributed by atoms with Crippen molar-refractivity contribution in [2.45, 2.75) is 45.8 Å². The number of Topliss-reactive ketones (excluding diaryl/α,β-unsaturated/α-hetero) is 1. The number of aliphatic hydroxyl groups excluding tert-OH is 1. The minimum absolute atomic E-state index is 0.0441. The Morgan fingerprint density at radius 3 is 1.81 bits per heavy atom. The molecule has 0 saturated heterocycles. The second-order valence-electron chi connectivity index (χ2n) is 19.8. The van der Waals surface area contributed by atoms with Crippen LogP contribution in [0.15, 0.2) is 151 Å². The smallest absolute Gasteiger partial charge is 0.201 e. The van der Waals surface area contributed by atoms with Crippen LogP contribution < -0.4 is 35.9 Å². The molecule has 2 atom stereocenters. The molecule has 9 nitrogen and oxygen atoms in total. The number of allylic oxidation sites excluding steroid dienone is 2. The molecule has 12 rings (SSSR count). The van der Waals surface area contributed by atoms with Crippen LogP contribution in [0, 0.1) is 0 Å². The van der Waals surface area contributed by atoms with Crippen LogP contribution in [0.5, 0.6) is 11.5 Å². The second-order valence-corrected chi connectivity index (χ2v) is 19.8. The molecule has 0 saturated carbocycles. The lowest BCUT2D eigenvalue weighted by molar-refractivity contribution is -0.109. The lowest BCUT2D eigenvalue weighted by Crippen LogP contribution is -2.45. The van der Waals surface area contributed by atoms with Gasteiger partial charge in [-0.25, -0.2) is 0 Å². The van der Waals surface area contributed by atoms with Gasteiger partial charge in [-0.05, 0) is 124 Å². The first kappa shape index (κ1) is 46.2. The lowest BCUT2D eigenvalue weighted by Gasteiger charge is -2.41. The maximum absolute atomic E-state index is 15.0. The van der Waals surface area contributed by atoms with E-state index >= 15 is 4.79 Å². The number of nitrogens with one attached hydrogen (secondary N) is 3. The summed E-state index contributed by atoms with van der Waals surface area (Å²) in [6.45, 7) is 22.4. The SMILES string of the molecule is C=c1/c(=C2/C(=O)C(c3ccc4cccc5c4c3NC3(N5)c4ccccc4-c4ccc(OCCN(CC)CC)cc43)=C2O)ccc2cccc(NC3(C)c4ccccc4-c4ccc(OCCN(CC)CC)cc43)c12. The number of likely N-dealkylation sites (N-methyl/N-ethyl adjacent to an activating group) is 2. The first-order chi connectivity index (χ1) is 35.6. The molecule has 8 aromatic rings. The Morgan fingerprint density at radius 1 is 0.575 bits per heavy atom. The average Bonchev–Trinajstić information content (AvgIpc) is 3.81. The number of hydrogen-bond donors (Lipinski definition) is 4. The molecule has 366 valence electrons. The summed E-state index contributed by atoms with van der Waals surface area (Å²) in [5.74, 6) is 1.35. The van der Waals surface area contributed by atoms with Gasteiger partial charge in [0.1, 0.15) is 30.5 Å². The Hall–Kier alpha value is -7.85. The Morgan fingerprint density at radius 2 is 1.14 bits per heavy atom. The van der Waals surface area contributed by atoms with E-state index < -0.39 is 11.2 Å². The molecule has 1 heterocycles. The number of rotatable bonds is 15. The molecule has 8 aromatic carbocycles. The number of ketones is 1. The van der Waals surface area contributed by atoms with Gasteiger partial charge in [0.2, 0.25) is 5.78 Å². The van der Waals surface area contributed by atoms with Crippen molar-refractivity contribution in [2.75, 3.05) is 68.4 Å². The van der Waals surface area contributed by atoms with Crippen LogP contribution >= 0.6 is 0 Å². The third-order valence-corrected chi connectivity index (χ3v) is 16.1. The fourth-order valence-corrected chi connectivity index (χ4v) is 12.2. The van der Waals surface area contributed by atoms with E-state index in [0.717, 1.165) is 128 Å². The van der Waals surface area contributed by atoms with Crippen LogP contribution in [0.4, 0.5) is 17.1 Å². The van der Waals surface area contributed by atoms with Crippen molar-refractivity contribution < 1.29 is 19.4 Å². The van der Waals surface area contributed by atoms with Crippen molar-refractivity contribution in [2.24, 2.45) is 0 Å². The third kappa shape index (κ3) is 7.23. The van der Waals surface area contributed by atoms with E-state index in [1.54, 1.807) is 0 Å². The van der Waals surface area contributed by atoms with Crippen LogP contribution in [-0.2, 0) is 16.0 Å². The normalized spacial score (nSPS) is 18.6. The van der Waals surface area contributed by atoms with Gasteiger partial charge >= 0.3 is 0 Å². The first-order valence-corrected chi connectivity index (χ1v) is 25.9. The molecule has 1 spiro atoms. The van der Waals surface area contributed by atoms with Crippen molar-refractivity contribution in [1.82, 2.24) is 9.80 Å². The highest BCUT2D eigenvalue weighted by molar-refractivity contribution is 6.52. The van der Waals surface area contributed by atoms with Gasteiger partial charge in [-0.3, -0.25) is 4.79 Å². The zero-order valence-electron chi connectivity index (χ0n) is 42.3. The van der Waals surface area contributed by atoms with Gasteiger partial charge in [0, 0.05) is 51.9 Å². The highest BCUT2D eigenvalue weighted by Crippen LogP contribution is 2.56. The largest absolute Gasteiger partial charge is 0.506 e. The first-order valence-electron chi connectivity index (χ1n) is 25.9. The van der Waals surface area contributed by atoms with Crippen molar-refractivity contribution >= 4 is 62.1 Å². The molecule has 2 unspecified atom stereocenters. The van der Waals surface area contributed by atoms with E-state index in [0.29, 0.717) is 29.2 Å². The molecule has 0 radical (unpaired) electrons. The van der Waals surface area contributed by atoms with Crippen molar-refractivity contribution in [3.05, 3.63) is 190 Å². The van der Waals surface area contributed by atoms with Crippen LogP contribution in [0.1, 0.15) is 62.4 Å². The van der Waals surface area contributed by atoms with E-state index in [1.807, 2.05) is 24.3 Å². The Balaban J connectivity index is 0.939. The predicted molar refractivity (Wildman–Crippen MR) is 299 cm³/mol. The van der Waals surface area contributed by atoms with Gasteiger partial charge in [-0.2, -0.15) is 0 Å². The Kier molecular flexibility index (Phi) is 11.4. The fourth-order valence-electron chi connectivity index (χ4n) is 12.2. The summed E-state index contributed by atoms with van der Waals surface area (Å²) in [5.41, 5.74) is 11.1. The van der Waals surface area contributed by atoms with Gasteiger partial charge in [0.25, 0.3) is 0 Å². The summed E-state index contributed by atoms with van der Waals surface area (Å²) < 4.78 is 12.8. The molecule has 73 heavy (non-hydrogen) atoms. The zero-order valence-corrected chi connectivity index (χ0v) is 42.3. The van der Waals surface area contributed by atoms with Gasteiger partial charge in [-0.1, -0.05) is 143 Å². The lowest BCUT2D eigenvalue weighted by atomic mass is 9.79. The monoisotopic (exact) mass is 963 g/mol. The molecule has 4 N–H and O–H groups in total. The van der Waals surface area contributed by atoms with Gasteiger partial charge < -0.3 is 40.3 Å². The van der Waals surface area contributed by atoms with E-state index in [9.17, 15) is 5.11 Å². The minimum atomic E-state index is -0.907. The Bertz CT molecular complexity index is 3720. The standard InChI is InChI=1S/C64H61N5O4/c1-7-68(8-2)33-35-72-42-27-31-47-45-19-11-13-21-50(45)63(6,52(47)37-42)65-54-23-15-17-40-25-29-44(39(5)56(40)54)58-61(70)59(62(58)71)49-30-26-41-18-16-24-55-57(41)60(49)67-64(66-55)51-22-14-12-20-46(51)48-32-28-43(38-53(48)64)73-36-34-69(9-3)10-4/h11-32,37-38,65-67,70H,5,7-10,33-36H2,1-4,6H3/b58-44+. The minimum Gasteiger partial charge on any atom is -0.506 e. The second kappa shape index (κ2) is 18.0. The van der Waals surface area contributed by atoms with E-state index in [-0.39, 0.29) is 22.7 Å².